The van der Waals surface area contributed by atoms with E-state index in [0.717, 1.165) is 5.69 Å². The molecule has 9 nitrogen and oxygen atoms in total. The highest BCUT2D eigenvalue weighted by Gasteiger charge is 2.49. The summed E-state index contributed by atoms with van der Waals surface area (Å²) in [6.45, 7) is 2.32. The number of amides is 4. The van der Waals surface area contributed by atoms with Gasteiger partial charge in [0.15, 0.2) is 5.54 Å². The number of anilines is 1. The van der Waals surface area contributed by atoms with E-state index in [2.05, 4.69) is 25.5 Å². The van der Waals surface area contributed by atoms with E-state index < -0.39 is 17.5 Å². The molecule has 1 aromatic carbocycles. The lowest BCUT2D eigenvalue weighted by Gasteiger charge is -2.36. The number of hydrogen-bond donors (Lipinski definition) is 2. The van der Waals surface area contributed by atoms with Crippen LogP contribution in [-0.2, 0) is 15.1 Å². The number of hydrogen-bond acceptors (Lipinski definition) is 6. The summed E-state index contributed by atoms with van der Waals surface area (Å²) in [5, 5.41) is 5.98. The van der Waals surface area contributed by atoms with Crippen LogP contribution in [-0.4, -0.2) is 58.9 Å². The van der Waals surface area contributed by atoms with E-state index in [1.807, 2.05) is 12.1 Å². The minimum atomic E-state index is -1.40. The Morgan fingerprint density at radius 2 is 1.77 bits per heavy atom. The maximum Gasteiger partial charge on any atom is 0.322 e. The number of imide groups is 1. The van der Waals surface area contributed by atoms with Gasteiger partial charge in [-0.05, 0) is 24.6 Å². The van der Waals surface area contributed by atoms with E-state index in [4.69, 9.17) is 23.2 Å². The monoisotopic (exact) mass is 462 g/mol. The fourth-order valence-electron chi connectivity index (χ4n) is 3.88. The third-order valence-corrected chi connectivity index (χ3v) is 5.94. The van der Waals surface area contributed by atoms with Gasteiger partial charge in [0.05, 0.1) is 11.9 Å². The third-order valence-electron chi connectivity index (χ3n) is 5.50. The molecule has 1 aromatic heterocycles. The minimum absolute atomic E-state index is 0.0767. The standard InChI is InChI=1S/C20H20Cl2N6O3/c21-13-9-14(22)11-15(10-13)27-5-7-28(8-6-27)17(29)1-2-20(16-12-23-3-4-24-16)18(30)25-19(31)26-20/h3-4,9-12H,1-2,5-8H2,(H2,25,26,30,31). The first-order valence-electron chi connectivity index (χ1n) is 9.76. The molecule has 0 radical (unpaired) electrons. The van der Waals surface area contributed by atoms with Crippen LogP contribution in [0.15, 0.2) is 36.8 Å². The summed E-state index contributed by atoms with van der Waals surface area (Å²) in [5.41, 5.74) is -0.189. The molecular formula is C20H20Cl2N6O3. The smallest absolute Gasteiger partial charge is 0.322 e. The molecule has 4 rings (SSSR count). The van der Waals surface area contributed by atoms with Crippen molar-refractivity contribution in [2.24, 2.45) is 0 Å². The summed E-state index contributed by atoms with van der Waals surface area (Å²) in [7, 11) is 0. The van der Waals surface area contributed by atoms with E-state index in [1.54, 1.807) is 11.0 Å². The molecule has 162 valence electrons. The van der Waals surface area contributed by atoms with Crippen molar-refractivity contribution in [2.75, 3.05) is 31.1 Å². The van der Waals surface area contributed by atoms with Gasteiger partial charge in [-0.15, -0.1) is 0 Å². The van der Waals surface area contributed by atoms with Gasteiger partial charge in [-0.3, -0.25) is 24.9 Å². The van der Waals surface area contributed by atoms with Gasteiger partial charge in [-0.25, -0.2) is 4.79 Å². The van der Waals surface area contributed by atoms with Crippen LogP contribution in [0.1, 0.15) is 18.5 Å². The lowest BCUT2D eigenvalue weighted by Crippen LogP contribution is -2.50. The summed E-state index contributed by atoms with van der Waals surface area (Å²) < 4.78 is 0. The molecular weight excluding hydrogens is 443 g/mol. The molecule has 0 saturated carbocycles. The molecule has 1 unspecified atom stereocenters. The van der Waals surface area contributed by atoms with E-state index in [0.29, 0.717) is 41.9 Å². The molecule has 3 heterocycles. The Morgan fingerprint density at radius 1 is 1.06 bits per heavy atom. The predicted molar refractivity (Wildman–Crippen MR) is 115 cm³/mol. The number of halogens is 2. The van der Waals surface area contributed by atoms with Crippen LogP contribution in [0.25, 0.3) is 0 Å². The largest absolute Gasteiger partial charge is 0.368 e. The number of nitrogens with one attached hydrogen (secondary N) is 2. The zero-order valence-corrected chi connectivity index (χ0v) is 18.0. The zero-order chi connectivity index (χ0) is 22.0. The average Bonchev–Trinajstić information content (AvgIpc) is 3.06. The van der Waals surface area contributed by atoms with Crippen molar-refractivity contribution < 1.29 is 14.4 Å². The second-order valence-corrected chi connectivity index (χ2v) is 8.27. The summed E-state index contributed by atoms with van der Waals surface area (Å²) in [4.78, 5) is 49.2. The molecule has 2 aliphatic rings. The minimum Gasteiger partial charge on any atom is -0.368 e. The van der Waals surface area contributed by atoms with Crippen molar-refractivity contribution in [1.82, 2.24) is 25.5 Å². The van der Waals surface area contributed by atoms with Crippen LogP contribution in [0.5, 0.6) is 0 Å². The fourth-order valence-corrected chi connectivity index (χ4v) is 4.40. The Hall–Kier alpha value is -2.91. The Bertz CT molecular complexity index is 993. The maximum atomic E-state index is 12.9. The van der Waals surface area contributed by atoms with Crippen LogP contribution >= 0.6 is 23.2 Å². The summed E-state index contributed by atoms with van der Waals surface area (Å²) in [6, 6.07) is 4.75. The lowest BCUT2D eigenvalue weighted by atomic mass is 9.89. The summed E-state index contributed by atoms with van der Waals surface area (Å²) in [6.07, 6.45) is 4.51. The highest BCUT2D eigenvalue weighted by molar-refractivity contribution is 6.35. The second-order valence-electron chi connectivity index (χ2n) is 7.40. The molecule has 4 amide bonds. The fraction of sp³-hybridized carbons (Fsp3) is 0.350. The SMILES string of the molecule is O=C1NC(=O)C(CCC(=O)N2CCN(c3cc(Cl)cc(Cl)c3)CC2)(c2cnccn2)N1. The van der Waals surface area contributed by atoms with Gasteiger partial charge < -0.3 is 15.1 Å². The first kappa shape index (κ1) is 21.3. The van der Waals surface area contributed by atoms with E-state index in [-0.39, 0.29) is 18.7 Å². The van der Waals surface area contributed by atoms with Crippen molar-refractivity contribution in [3.8, 4) is 0 Å². The van der Waals surface area contributed by atoms with Gasteiger partial charge >= 0.3 is 6.03 Å². The Labute approximate surface area is 188 Å². The van der Waals surface area contributed by atoms with Crippen molar-refractivity contribution in [2.45, 2.75) is 18.4 Å². The van der Waals surface area contributed by atoms with Gasteiger partial charge in [0, 0.05) is 60.7 Å². The summed E-state index contributed by atoms with van der Waals surface area (Å²) >= 11 is 12.2. The van der Waals surface area contributed by atoms with Crippen molar-refractivity contribution >= 4 is 46.7 Å². The van der Waals surface area contributed by atoms with Crippen LogP contribution in [0.4, 0.5) is 10.5 Å². The van der Waals surface area contributed by atoms with E-state index in [1.165, 1.54) is 18.6 Å². The molecule has 0 spiro atoms. The predicted octanol–water partition coefficient (Wildman–Crippen LogP) is 1.95. The first-order chi connectivity index (χ1) is 14.9. The summed E-state index contributed by atoms with van der Waals surface area (Å²) in [5.74, 6) is -0.630. The Kier molecular flexibility index (Phi) is 5.97. The number of rotatable bonds is 5. The normalized spacial score (nSPS) is 21.1. The molecule has 0 aliphatic carbocycles. The maximum absolute atomic E-state index is 12.9. The molecule has 31 heavy (non-hydrogen) atoms. The van der Waals surface area contributed by atoms with Crippen LogP contribution in [0.3, 0.4) is 0 Å². The Morgan fingerprint density at radius 3 is 2.35 bits per heavy atom. The number of urea groups is 1. The third kappa shape index (κ3) is 4.42. The highest BCUT2D eigenvalue weighted by atomic mass is 35.5. The van der Waals surface area contributed by atoms with Gasteiger partial charge in [0.1, 0.15) is 0 Å². The molecule has 0 bridgehead atoms. The second kappa shape index (κ2) is 8.68. The van der Waals surface area contributed by atoms with Crippen LogP contribution in [0, 0.1) is 0 Å². The van der Waals surface area contributed by atoms with Crippen molar-refractivity contribution in [3.05, 3.63) is 52.5 Å². The molecule has 2 saturated heterocycles. The molecule has 2 fully saturated rings. The van der Waals surface area contributed by atoms with Gasteiger partial charge in [0.2, 0.25) is 5.91 Å². The molecule has 2 aromatic rings. The molecule has 2 N–H and O–H groups in total. The van der Waals surface area contributed by atoms with Gasteiger partial charge in [0.25, 0.3) is 5.91 Å². The van der Waals surface area contributed by atoms with E-state index >= 15 is 0 Å². The van der Waals surface area contributed by atoms with Crippen molar-refractivity contribution in [3.63, 3.8) is 0 Å². The van der Waals surface area contributed by atoms with Gasteiger partial charge in [-0.2, -0.15) is 0 Å². The number of nitrogens with zero attached hydrogens (tertiary/aromatic N) is 4. The number of piperazine rings is 1. The van der Waals surface area contributed by atoms with Crippen molar-refractivity contribution in [1.29, 1.82) is 0 Å². The lowest BCUT2D eigenvalue weighted by molar-refractivity contribution is -0.132. The molecule has 1 atom stereocenters. The van der Waals surface area contributed by atoms with Gasteiger partial charge in [-0.1, -0.05) is 23.2 Å². The highest BCUT2D eigenvalue weighted by Crippen LogP contribution is 2.29. The first-order valence-corrected chi connectivity index (χ1v) is 10.5. The quantitative estimate of drug-likeness (QED) is 0.657. The number of benzene rings is 1. The van der Waals surface area contributed by atoms with Crippen LogP contribution in [0.2, 0.25) is 10.0 Å². The molecule has 2 aliphatic heterocycles. The topological polar surface area (TPSA) is 108 Å². The number of carbonyl (C=O) groups excluding carboxylic acids is 3. The molecule has 11 heteroatoms. The Balaban J connectivity index is 1.39. The zero-order valence-electron chi connectivity index (χ0n) is 16.5. The van der Waals surface area contributed by atoms with Crippen LogP contribution < -0.4 is 15.5 Å². The number of carbonyl (C=O) groups is 3. The number of aromatic nitrogens is 2. The van der Waals surface area contributed by atoms with E-state index in [9.17, 15) is 14.4 Å². The average molecular weight is 463 g/mol.